The van der Waals surface area contributed by atoms with E-state index in [0.717, 1.165) is 51.4 Å². The predicted octanol–water partition coefficient (Wildman–Crippen LogP) is 6.28. The quantitative estimate of drug-likeness (QED) is 0.152. The number of nitro benzene ring substituents is 1. The highest BCUT2D eigenvalue weighted by Gasteiger charge is 2.28. The van der Waals surface area contributed by atoms with Crippen molar-refractivity contribution in [3.63, 3.8) is 0 Å². The van der Waals surface area contributed by atoms with Gasteiger partial charge in [0.2, 0.25) is 0 Å². The predicted molar refractivity (Wildman–Crippen MR) is 102 cm³/mol. The van der Waals surface area contributed by atoms with Crippen molar-refractivity contribution in [1.29, 1.82) is 0 Å². The third-order valence-corrected chi connectivity index (χ3v) is 5.19. The molecule has 0 unspecified atom stereocenters. The smallest absolute Gasteiger partial charge is 0.404 e. The average molecular weight is 387 g/mol. The molecule has 26 heavy (non-hydrogen) atoms. The topological polar surface area (TPSA) is 87.9 Å². The molecular weight excluding hydrogens is 357 g/mol. The molecule has 0 amide bonds. The van der Waals surface area contributed by atoms with Crippen molar-refractivity contribution in [1.82, 2.24) is 0 Å². The summed E-state index contributed by atoms with van der Waals surface area (Å²) in [7, 11) is -3.75. The number of phosphoric ester groups is 1. The third-order valence-electron chi connectivity index (χ3n) is 3.76. The Hall–Kier alpha value is -1.43. The van der Waals surface area contributed by atoms with Gasteiger partial charge in [-0.15, -0.1) is 0 Å². The molecule has 0 aliphatic carbocycles. The van der Waals surface area contributed by atoms with Gasteiger partial charge in [0.1, 0.15) is 5.75 Å². The van der Waals surface area contributed by atoms with Crippen molar-refractivity contribution < 1.29 is 23.1 Å². The number of phosphoric acid groups is 1. The molecule has 0 bridgehead atoms. The molecule has 0 atom stereocenters. The van der Waals surface area contributed by atoms with Crippen molar-refractivity contribution >= 4 is 13.5 Å². The lowest BCUT2D eigenvalue weighted by Gasteiger charge is -2.18. The van der Waals surface area contributed by atoms with Crippen LogP contribution in [0.2, 0.25) is 0 Å². The Balaban J connectivity index is 2.62. The zero-order valence-electron chi connectivity index (χ0n) is 15.7. The van der Waals surface area contributed by atoms with E-state index in [1.54, 1.807) is 0 Å². The second kappa shape index (κ2) is 12.8. The molecule has 0 N–H and O–H groups in total. The fourth-order valence-electron chi connectivity index (χ4n) is 2.26. The van der Waals surface area contributed by atoms with Crippen molar-refractivity contribution in [3.05, 3.63) is 34.4 Å². The molecule has 8 heteroatoms. The van der Waals surface area contributed by atoms with Gasteiger partial charge in [-0.2, -0.15) is 0 Å². The van der Waals surface area contributed by atoms with Gasteiger partial charge in [0.05, 0.1) is 18.1 Å². The first-order chi connectivity index (χ1) is 12.5. The standard InChI is InChI=1S/C18H30NO6P/c1-3-5-7-9-15-23-26(22,24-16-10-8-6-4-2)25-18-13-11-17(12-14-18)19(20)21/h11-14H,3-10,15-16H2,1-2H3. The largest absolute Gasteiger partial charge is 0.530 e. The van der Waals surface area contributed by atoms with Gasteiger partial charge in [-0.1, -0.05) is 52.4 Å². The van der Waals surface area contributed by atoms with Gasteiger partial charge < -0.3 is 4.52 Å². The minimum atomic E-state index is -3.75. The summed E-state index contributed by atoms with van der Waals surface area (Å²) in [5, 5.41) is 10.7. The Morgan fingerprint density at radius 1 is 0.885 bits per heavy atom. The van der Waals surface area contributed by atoms with Gasteiger partial charge in [0.15, 0.2) is 0 Å². The molecular formula is C18H30NO6P. The molecule has 0 aliphatic rings. The van der Waals surface area contributed by atoms with Crippen LogP contribution in [0, 0.1) is 10.1 Å². The summed E-state index contributed by atoms with van der Waals surface area (Å²) in [5.74, 6) is 0.223. The van der Waals surface area contributed by atoms with Crippen LogP contribution in [0.15, 0.2) is 24.3 Å². The van der Waals surface area contributed by atoms with E-state index in [-0.39, 0.29) is 11.4 Å². The minimum absolute atomic E-state index is 0.0619. The van der Waals surface area contributed by atoms with Gasteiger partial charge in [-0.25, -0.2) is 4.57 Å². The Bertz CT molecular complexity index is 545. The van der Waals surface area contributed by atoms with Crippen LogP contribution in [-0.2, 0) is 13.6 Å². The normalized spacial score (nSPS) is 11.5. The number of hydrogen-bond acceptors (Lipinski definition) is 6. The summed E-state index contributed by atoms with van der Waals surface area (Å²) in [6, 6.07) is 5.38. The highest BCUT2D eigenvalue weighted by Crippen LogP contribution is 2.50. The first kappa shape index (κ1) is 22.6. The number of hydrogen-bond donors (Lipinski definition) is 0. The lowest BCUT2D eigenvalue weighted by atomic mass is 10.2. The maximum absolute atomic E-state index is 12.9. The maximum Gasteiger partial charge on any atom is 0.530 e. The number of non-ortho nitro benzene ring substituents is 1. The second-order valence-corrected chi connectivity index (χ2v) is 7.67. The van der Waals surface area contributed by atoms with Crippen LogP contribution in [0.4, 0.5) is 5.69 Å². The van der Waals surface area contributed by atoms with Crippen LogP contribution >= 0.6 is 7.82 Å². The van der Waals surface area contributed by atoms with Crippen molar-refractivity contribution in [2.24, 2.45) is 0 Å². The van der Waals surface area contributed by atoms with Crippen LogP contribution in [0.5, 0.6) is 5.75 Å². The molecule has 1 aromatic rings. The zero-order valence-corrected chi connectivity index (χ0v) is 16.6. The summed E-state index contributed by atoms with van der Waals surface area (Å²) >= 11 is 0. The first-order valence-corrected chi connectivity index (χ1v) is 10.8. The van der Waals surface area contributed by atoms with Gasteiger partial charge in [-0.05, 0) is 25.0 Å². The van der Waals surface area contributed by atoms with E-state index in [1.165, 1.54) is 24.3 Å². The van der Waals surface area contributed by atoms with Crippen molar-refractivity contribution in [2.45, 2.75) is 65.2 Å². The van der Waals surface area contributed by atoms with Crippen LogP contribution in [0.3, 0.4) is 0 Å². The third kappa shape index (κ3) is 9.32. The fourth-order valence-corrected chi connectivity index (χ4v) is 3.52. The van der Waals surface area contributed by atoms with E-state index in [2.05, 4.69) is 13.8 Å². The van der Waals surface area contributed by atoms with Gasteiger partial charge in [-0.3, -0.25) is 19.2 Å². The summed E-state index contributed by atoms with van der Waals surface area (Å²) in [6.45, 7) is 4.81. The molecule has 1 aromatic carbocycles. The molecule has 0 heterocycles. The second-order valence-electron chi connectivity index (χ2n) is 6.08. The molecule has 148 valence electrons. The number of benzene rings is 1. The van der Waals surface area contributed by atoms with E-state index in [4.69, 9.17) is 13.6 Å². The molecule has 0 aliphatic heterocycles. The molecule has 7 nitrogen and oxygen atoms in total. The van der Waals surface area contributed by atoms with E-state index in [0.29, 0.717) is 13.2 Å². The Morgan fingerprint density at radius 2 is 1.38 bits per heavy atom. The number of rotatable bonds is 15. The molecule has 1 rings (SSSR count). The Kier molecular flexibility index (Phi) is 11.2. The molecule has 0 aromatic heterocycles. The maximum atomic E-state index is 12.9. The van der Waals surface area contributed by atoms with Crippen LogP contribution < -0.4 is 4.52 Å². The van der Waals surface area contributed by atoms with Gasteiger partial charge in [0.25, 0.3) is 5.69 Å². The van der Waals surface area contributed by atoms with Gasteiger partial charge in [0, 0.05) is 12.1 Å². The van der Waals surface area contributed by atoms with E-state index in [9.17, 15) is 14.7 Å². The summed E-state index contributed by atoms with van der Waals surface area (Å²) in [5.41, 5.74) is -0.0619. The Morgan fingerprint density at radius 3 is 1.81 bits per heavy atom. The molecule has 0 fully saturated rings. The van der Waals surface area contributed by atoms with Crippen molar-refractivity contribution in [2.75, 3.05) is 13.2 Å². The summed E-state index contributed by atoms with van der Waals surface area (Å²) in [4.78, 5) is 10.2. The summed E-state index contributed by atoms with van der Waals surface area (Å²) in [6.07, 6.45) is 7.93. The molecule has 0 spiro atoms. The molecule has 0 saturated carbocycles. The number of unbranched alkanes of at least 4 members (excludes halogenated alkanes) is 6. The highest BCUT2D eigenvalue weighted by atomic mass is 31.2. The monoisotopic (exact) mass is 387 g/mol. The SMILES string of the molecule is CCCCCCOP(=O)(OCCCCCC)Oc1ccc([N+](=O)[O-])cc1. The summed E-state index contributed by atoms with van der Waals surface area (Å²) < 4.78 is 29.2. The molecule has 0 saturated heterocycles. The van der Waals surface area contributed by atoms with Crippen LogP contribution in [0.25, 0.3) is 0 Å². The van der Waals surface area contributed by atoms with Crippen LogP contribution in [-0.4, -0.2) is 18.1 Å². The first-order valence-electron chi connectivity index (χ1n) is 9.34. The number of nitro groups is 1. The lowest BCUT2D eigenvalue weighted by molar-refractivity contribution is -0.384. The minimum Gasteiger partial charge on any atom is -0.404 e. The van der Waals surface area contributed by atoms with Gasteiger partial charge >= 0.3 is 7.82 Å². The lowest BCUT2D eigenvalue weighted by Crippen LogP contribution is -2.05. The Labute approximate surface area is 155 Å². The zero-order chi connectivity index (χ0) is 19.3. The van der Waals surface area contributed by atoms with Crippen molar-refractivity contribution in [3.8, 4) is 5.75 Å². The van der Waals surface area contributed by atoms with E-state index >= 15 is 0 Å². The van der Waals surface area contributed by atoms with E-state index in [1.807, 2.05) is 0 Å². The van der Waals surface area contributed by atoms with E-state index < -0.39 is 12.7 Å². The molecule has 0 radical (unpaired) electrons. The highest BCUT2D eigenvalue weighted by molar-refractivity contribution is 7.48. The average Bonchev–Trinajstić information content (AvgIpc) is 2.62. The fraction of sp³-hybridized carbons (Fsp3) is 0.667. The number of nitrogens with zero attached hydrogens (tertiary/aromatic N) is 1. The van der Waals surface area contributed by atoms with Crippen LogP contribution in [0.1, 0.15) is 65.2 Å².